The minimum Gasteiger partial charge on any atom is -0.462 e. The van der Waals surface area contributed by atoms with Crippen LogP contribution in [0.1, 0.15) is 45.2 Å². The minimum atomic E-state index is -4.50. The molecule has 0 spiro atoms. The zero-order valence-electron chi connectivity index (χ0n) is 15.9. The standard InChI is InChI=1S/C20H17F3N2O5/c1-2-30-19(27)14-8-13(10-16(11-14)25(28)29)18(26)24-7-3-4-12-9-15(20(21,22)23)5-6-17(12)24/h5-6,8-11H,2-4,7H2,1H3. The molecule has 0 fully saturated rings. The van der Waals surface area contributed by atoms with Gasteiger partial charge in [-0.1, -0.05) is 0 Å². The highest BCUT2D eigenvalue weighted by molar-refractivity contribution is 6.08. The van der Waals surface area contributed by atoms with Crippen LogP contribution in [0.3, 0.4) is 0 Å². The molecule has 7 nitrogen and oxygen atoms in total. The molecular formula is C20H17F3N2O5. The topological polar surface area (TPSA) is 89.8 Å². The molecule has 10 heteroatoms. The summed E-state index contributed by atoms with van der Waals surface area (Å²) >= 11 is 0. The van der Waals surface area contributed by atoms with Crippen LogP contribution in [-0.2, 0) is 17.3 Å². The van der Waals surface area contributed by atoms with E-state index >= 15 is 0 Å². The second kappa shape index (κ2) is 8.13. The van der Waals surface area contributed by atoms with E-state index in [1.54, 1.807) is 6.92 Å². The lowest BCUT2D eigenvalue weighted by molar-refractivity contribution is -0.384. The number of non-ortho nitro benzene ring substituents is 1. The lowest BCUT2D eigenvalue weighted by atomic mass is 9.98. The van der Waals surface area contributed by atoms with Crippen LogP contribution >= 0.6 is 0 Å². The second-order valence-electron chi connectivity index (χ2n) is 6.65. The maximum atomic E-state index is 13.1. The van der Waals surface area contributed by atoms with Gasteiger partial charge in [0.25, 0.3) is 11.6 Å². The number of nitro groups is 1. The fraction of sp³-hybridized carbons (Fsp3) is 0.300. The highest BCUT2D eigenvalue weighted by Crippen LogP contribution is 2.36. The SMILES string of the molecule is CCOC(=O)c1cc(C(=O)N2CCCc3cc(C(F)(F)F)ccc32)cc([N+](=O)[O-])c1. The lowest BCUT2D eigenvalue weighted by Gasteiger charge is -2.30. The Hall–Kier alpha value is -3.43. The fourth-order valence-corrected chi connectivity index (χ4v) is 3.31. The molecule has 0 saturated carbocycles. The largest absolute Gasteiger partial charge is 0.462 e. The molecule has 1 amide bonds. The summed E-state index contributed by atoms with van der Waals surface area (Å²) in [5.74, 6) is -1.46. The number of aryl methyl sites for hydroxylation is 1. The van der Waals surface area contributed by atoms with Gasteiger partial charge in [0.2, 0.25) is 0 Å². The van der Waals surface area contributed by atoms with Crippen LogP contribution in [-0.4, -0.2) is 30.0 Å². The number of alkyl halides is 3. The van der Waals surface area contributed by atoms with Crippen LogP contribution in [0, 0.1) is 10.1 Å². The van der Waals surface area contributed by atoms with Crippen LogP contribution in [0.5, 0.6) is 0 Å². The zero-order valence-corrected chi connectivity index (χ0v) is 15.9. The number of fused-ring (bicyclic) bond motifs is 1. The first-order valence-electron chi connectivity index (χ1n) is 9.10. The molecule has 0 saturated heterocycles. The van der Waals surface area contributed by atoms with Gasteiger partial charge in [-0.05, 0) is 49.6 Å². The number of nitrogens with zero attached hydrogens (tertiary/aromatic N) is 2. The van der Waals surface area contributed by atoms with E-state index in [4.69, 9.17) is 4.74 Å². The number of hydrogen-bond donors (Lipinski definition) is 0. The van der Waals surface area contributed by atoms with Crippen molar-refractivity contribution in [2.24, 2.45) is 0 Å². The minimum absolute atomic E-state index is 0.0475. The van der Waals surface area contributed by atoms with Gasteiger partial charge in [0.1, 0.15) is 0 Å². The molecule has 0 aromatic heterocycles. The molecule has 0 N–H and O–H groups in total. The Balaban J connectivity index is 2.01. The van der Waals surface area contributed by atoms with Crippen molar-refractivity contribution in [2.75, 3.05) is 18.1 Å². The molecule has 1 aliphatic heterocycles. The van der Waals surface area contributed by atoms with Gasteiger partial charge in [-0.3, -0.25) is 14.9 Å². The van der Waals surface area contributed by atoms with Crippen LogP contribution in [0.4, 0.5) is 24.5 Å². The number of benzene rings is 2. The Morgan fingerprint density at radius 2 is 1.87 bits per heavy atom. The lowest BCUT2D eigenvalue weighted by Crippen LogP contribution is -2.35. The molecule has 0 unspecified atom stereocenters. The number of carbonyl (C=O) groups is 2. The predicted octanol–water partition coefficient (Wildman–Crippen LogP) is 4.38. The molecule has 3 rings (SSSR count). The van der Waals surface area contributed by atoms with E-state index in [-0.39, 0.29) is 24.3 Å². The van der Waals surface area contributed by atoms with Crippen LogP contribution in [0.25, 0.3) is 0 Å². The maximum absolute atomic E-state index is 13.1. The summed E-state index contributed by atoms with van der Waals surface area (Å²) in [4.78, 5) is 36.9. The first kappa shape index (κ1) is 21.3. The third-order valence-corrected chi connectivity index (χ3v) is 4.66. The zero-order chi connectivity index (χ0) is 22.1. The number of anilines is 1. The van der Waals surface area contributed by atoms with Crippen molar-refractivity contribution in [2.45, 2.75) is 25.9 Å². The Labute approximate surface area is 169 Å². The number of nitro benzene ring substituents is 1. The Morgan fingerprint density at radius 1 is 1.17 bits per heavy atom. The van der Waals surface area contributed by atoms with Gasteiger partial charge in [0, 0.05) is 29.9 Å². The molecular weight excluding hydrogens is 405 g/mol. The molecule has 2 aromatic carbocycles. The van der Waals surface area contributed by atoms with E-state index in [1.807, 2.05) is 0 Å². The quantitative estimate of drug-likeness (QED) is 0.414. The molecule has 30 heavy (non-hydrogen) atoms. The van der Waals surface area contributed by atoms with Gasteiger partial charge in [0.05, 0.1) is 22.7 Å². The monoisotopic (exact) mass is 422 g/mol. The van der Waals surface area contributed by atoms with Gasteiger partial charge in [-0.2, -0.15) is 13.2 Å². The van der Waals surface area contributed by atoms with Gasteiger partial charge in [-0.15, -0.1) is 0 Å². The van der Waals surface area contributed by atoms with Crippen molar-refractivity contribution >= 4 is 23.3 Å². The number of ether oxygens (including phenoxy) is 1. The summed E-state index contributed by atoms with van der Waals surface area (Å²) in [6.07, 6.45) is -3.71. The molecule has 0 aliphatic carbocycles. The third kappa shape index (κ3) is 4.27. The molecule has 158 valence electrons. The van der Waals surface area contributed by atoms with E-state index in [0.29, 0.717) is 24.1 Å². The van der Waals surface area contributed by atoms with Gasteiger partial charge in [-0.25, -0.2) is 4.79 Å². The van der Waals surface area contributed by atoms with Gasteiger partial charge >= 0.3 is 12.1 Å². The van der Waals surface area contributed by atoms with Crippen molar-refractivity contribution < 1.29 is 32.4 Å². The Morgan fingerprint density at radius 3 is 2.50 bits per heavy atom. The number of esters is 1. The smallest absolute Gasteiger partial charge is 0.416 e. The number of hydrogen-bond acceptors (Lipinski definition) is 5. The average Bonchev–Trinajstić information content (AvgIpc) is 2.71. The van der Waals surface area contributed by atoms with E-state index in [2.05, 4.69) is 0 Å². The average molecular weight is 422 g/mol. The van der Waals surface area contributed by atoms with Gasteiger partial charge < -0.3 is 9.64 Å². The highest BCUT2D eigenvalue weighted by atomic mass is 19.4. The first-order chi connectivity index (χ1) is 14.1. The maximum Gasteiger partial charge on any atom is 0.416 e. The van der Waals surface area contributed by atoms with E-state index in [9.17, 15) is 32.9 Å². The molecule has 2 aromatic rings. The van der Waals surface area contributed by atoms with Crippen molar-refractivity contribution in [3.8, 4) is 0 Å². The molecule has 0 atom stereocenters. The van der Waals surface area contributed by atoms with Crippen LogP contribution in [0.2, 0.25) is 0 Å². The third-order valence-electron chi connectivity index (χ3n) is 4.66. The summed E-state index contributed by atoms with van der Waals surface area (Å²) in [7, 11) is 0. The van der Waals surface area contributed by atoms with Crippen molar-refractivity contribution in [1.82, 2.24) is 0 Å². The Kier molecular flexibility index (Phi) is 5.77. The van der Waals surface area contributed by atoms with Crippen LogP contribution in [0.15, 0.2) is 36.4 Å². The first-order valence-corrected chi connectivity index (χ1v) is 9.10. The van der Waals surface area contributed by atoms with Gasteiger partial charge in [0.15, 0.2) is 0 Å². The predicted molar refractivity (Wildman–Crippen MR) is 100 cm³/mol. The highest BCUT2D eigenvalue weighted by Gasteiger charge is 2.33. The fourth-order valence-electron chi connectivity index (χ4n) is 3.31. The molecule has 1 heterocycles. The number of rotatable bonds is 4. The number of halogens is 3. The summed E-state index contributed by atoms with van der Waals surface area (Å²) < 4.78 is 43.8. The second-order valence-corrected chi connectivity index (χ2v) is 6.65. The summed E-state index contributed by atoms with van der Waals surface area (Å²) in [5, 5.41) is 11.2. The van der Waals surface area contributed by atoms with Crippen molar-refractivity contribution in [3.63, 3.8) is 0 Å². The molecule has 0 radical (unpaired) electrons. The van der Waals surface area contributed by atoms with Crippen LogP contribution < -0.4 is 4.90 Å². The summed E-state index contributed by atoms with van der Waals surface area (Å²) in [6, 6.07) is 6.34. The molecule has 0 bridgehead atoms. The van der Waals surface area contributed by atoms with E-state index < -0.39 is 34.2 Å². The molecule has 1 aliphatic rings. The number of amides is 1. The summed E-state index contributed by atoms with van der Waals surface area (Å²) in [5.41, 5.74) is -0.882. The summed E-state index contributed by atoms with van der Waals surface area (Å²) in [6.45, 7) is 1.85. The van der Waals surface area contributed by atoms with E-state index in [1.165, 1.54) is 17.0 Å². The normalized spacial score (nSPS) is 13.5. The van der Waals surface area contributed by atoms with Crippen molar-refractivity contribution in [1.29, 1.82) is 0 Å². The van der Waals surface area contributed by atoms with Crippen molar-refractivity contribution in [3.05, 3.63) is 68.8 Å². The Bertz CT molecular complexity index is 1020. The van der Waals surface area contributed by atoms with E-state index in [0.717, 1.165) is 24.3 Å². The number of carbonyl (C=O) groups excluding carboxylic acids is 2.